The predicted molar refractivity (Wildman–Crippen MR) is 157 cm³/mol. The first-order chi connectivity index (χ1) is 18.2. The maximum Gasteiger partial charge on any atom is 0.282 e. The molecule has 4 rings (SSSR count). The topological polar surface area (TPSA) is 94.8 Å². The highest BCUT2D eigenvalue weighted by molar-refractivity contribution is 9.10. The van der Waals surface area contributed by atoms with Gasteiger partial charge in [0.1, 0.15) is 5.82 Å². The Morgan fingerprint density at radius 2 is 1.87 bits per heavy atom. The third-order valence-electron chi connectivity index (χ3n) is 5.61. The van der Waals surface area contributed by atoms with E-state index >= 15 is 0 Å². The van der Waals surface area contributed by atoms with Crippen molar-refractivity contribution in [3.05, 3.63) is 90.8 Å². The average molecular weight is 642 g/mol. The van der Waals surface area contributed by atoms with Crippen molar-refractivity contribution < 1.29 is 14.3 Å². The van der Waals surface area contributed by atoms with Gasteiger partial charge in [-0.05, 0) is 70.9 Å². The highest BCUT2D eigenvalue weighted by Crippen LogP contribution is 2.36. The predicted octanol–water partition coefficient (Wildman–Crippen LogP) is 6.26. The van der Waals surface area contributed by atoms with Gasteiger partial charge < -0.3 is 14.8 Å². The molecule has 0 bridgehead atoms. The zero-order valence-corrected chi connectivity index (χ0v) is 24.5. The zero-order chi connectivity index (χ0) is 27.4. The number of methoxy groups -OCH3 is 1. The second-order valence-corrected chi connectivity index (χ2v) is 10.7. The third kappa shape index (κ3) is 6.31. The van der Waals surface area contributed by atoms with Crippen molar-refractivity contribution in [1.29, 1.82) is 0 Å². The van der Waals surface area contributed by atoms with Crippen LogP contribution in [-0.2, 0) is 4.79 Å². The quantitative estimate of drug-likeness (QED) is 0.229. The molecule has 1 aromatic heterocycles. The first-order valence-electron chi connectivity index (χ1n) is 11.8. The Hall–Kier alpha value is -3.50. The fourth-order valence-corrected chi connectivity index (χ4v) is 4.64. The second kappa shape index (κ2) is 11.9. The Morgan fingerprint density at radius 3 is 2.55 bits per heavy atom. The molecule has 4 aromatic rings. The summed E-state index contributed by atoms with van der Waals surface area (Å²) in [6, 6.07) is 16.4. The SMILES string of the molecule is COc1cc(C=Nn2c(C(C)C)nc3ccc(Br)cc3c2=O)cc(Br)c1OCC(=O)Nc1ccc(C)cc1. The van der Waals surface area contributed by atoms with Crippen LogP contribution in [0.2, 0.25) is 0 Å². The summed E-state index contributed by atoms with van der Waals surface area (Å²) >= 11 is 6.91. The first-order valence-corrected chi connectivity index (χ1v) is 13.4. The molecule has 0 atom stereocenters. The number of halogens is 2. The van der Waals surface area contributed by atoms with Crippen molar-refractivity contribution >= 4 is 60.6 Å². The molecule has 1 amide bonds. The molecule has 0 spiro atoms. The fraction of sp³-hybridized carbons (Fsp3) is 0.214. The number of carbonyl (C=O) groups is 1. The van der Waals surface area contributed by atoms with E-state index in [1.807, 2.05) is 57.2 Å². The van der Waals surface area contributed by atoms with Crippen LogP contribution >= 0.6 is 31.9 Å². The maximum absolute atomic E-state index is 13.3. The van der Waals surface area contributed by atoms with Crippen molar-refractivity contribution in [1.82, 2.24) is 9.66 Å². The molecular formula is C28H26Br2N4O4. The van der Waals surface area contributed by atoms with Gasteiger partial charge in [-0.25, -0.2) is 4.98 Å². The molecule has 3 aromatic carbocycles. The Kier molecular flexibility index (Phi) is 8.63. The summed E-state index contributed by atoms with van der Waals surface area (Å²) in [6.07, 6.45) is 1.56. The summed E-state index contributed by atoms with van der Waals surface area (Å²) in [7, 11) is 1.51. The molecule has 8 nitrogen and oxygen atoms in total. The van der Waals surface area contributed by atoms with Crippen molar-refractivity contribution in [3.8, 4) is 11.5 Å². The monoisotopic (exact) mass is 640 g/mol. The van der Waals surface area contributed by atoms with Crippen molar-refractivity contribution in [3.63, 3.8) is 0 Å². The minimum atomic E-state index is -0.301. The second-order valence-electron chi connectivity index (χ2n) is 8.88. The molecule has 0 aliphatic heterocycles. The van der Waals surface area contributed by atoms with Gasteiger partial charge in [-0.1, -0.05) is 47.5 Å². The van der Waals surface area contributed by atoms with E-state index in [1.54, 1.807) is 24.4 Å². The first kappa shape index (κ1) is 27.5. The third-order valence-corrected chi connectivity index (χ3v) is 6.69. The fourth-order valence-electron chi connectivity index (χ4n) is 3.70. The lowest BCUT2D eigenvalue weighted by Crippen LogP contribution is -2.23. The van der Waals surface area contributed by atoms with Crippen LogP contribution in [0.3, 0.4) is 0 Å². The van der Waals surface area contributed by atoms with Gasteiger partial charge in [-0.15, -0.1) is 0 Å². The molecular weight excluding hydrogens is 616 g/mol. The summed E-state index contributed by atoms with van der Waals surface area (Å²) in [4.78, 5) is 30.3. The van der Waals surface area contributed by atoms with E-state index in [4.69, 9.17) is 9.47 Å². The lowest BCUT2D eigenvalue weighted by Gasteiger charge is -2.14. The Bertz CT molecular complexity index is 1580. The van der Waals surface area contributed by atoms with Gasteiger partial charge in [0.05, 0.1) is 28.7 Å². The standard InChI is InChI=1S/C28H26Br2N4O4/c1-16(2)27-33-23-10-7-19(29)13-21(23)28(36)34(27)31-14-18-11-22(30)26(24(12-18)37-4)38-15-25(35)32-20-8-5-17(3)6-9-20/h5-14,16H,15H2,1-4H3,(H,32,35). The number of rotatable bonds is 8. The average Bonchev–Trinajstić information content (AvgIpc) is 2.88. The van der Waals surface area contributed by atoms with Crippen LogP contribution in [0.1, 0.15) is 36.7 Å². The van der Waals surface area contributed by atoms with E-state index in [0.29, 0.717) is 43.9 Å². The number of hydrogen-bond donors (Lipinski definition) is 1. The van der Waals surface area contributed by atoms with E-state index in [0.717, 1.165) is 10.0 Å². The number of anilines is 1. The molecule has 0 saturated heterocycles. The van der Waals surface area contributed by atoms with Gasteiger partial charge in [0, 0.05) is 16.1 Å². The van der Waals surface area contributed by atoms with Gasteiger partial charge in [-0.3, -0.25) is 9.59 Å². The van der Waals surface area contributed by atoms with Gasteiger partial charge in [-0.2, -0.15) is 9.78 Å². The number of benzene rings is 3. The Labute approximate surface area is 236 Å². The number of aryl methyl sites for hydroxylation is 1. The number of nitrogens with zero attached hydrogens (tertiary/aromatic N) is 3. The van der Waals surface area contributed by atoms with Crippen LogP contribution in [0.15, 0.2) is 73.4 Å². The minimum absolute atomic E-state index is 0.0315. The number of ether oxygens (including phenoxy) is 2. The number of hydrogen-bond acceptors (Lipinski definition) is 6. The van der Waals surface area contributed by atoms with Crippen LogP contribution in [-0.4, -0.2) is 35.5 Å². The molecule has 0 unspecified atom stereocenters. The molecule has 0 saturated carbocycles. The lowest BCUT2D eigenvalue weighted by molar-refractivity contribution is -0.118. The molecule has 196 valence electrons. The van der Waals surface area contributed by atoms with Gasteiger partial charge in [0.2, 0.25) is 0 Å². The van der Waals surface area contributed by atoms with Crippen molar-refractivity contribution in [2.24, 2.45) is 5.10 Å². The molecule has 1 N–H and O–H groups in total. The van der Waals surface area contributed by atoms with Gasteiger partial charge in [0.15, 0.2) is 18.1 Å². The van der Waals surface area contributed by atoms with Crippen molar-refractivity contribution in [2.75, 3.05) is 19.0 Å². The molecule has 0 radical (unpaired) electrons. The molecule has 0 aliphatic rings. The van der Waals surface area contributed by atoms with Crippen LogP contribution in [0.25, 0.3) is 10.9 Å². The molecule has 38 heavy (non-hydrogen) atoms. The van der Waals surface area contributed by atoms with Crippen molar-refractivity contribution in [2.45, 2.75) is 26.7 Å². The van der Waals surface area contributed by atoms with Crippen LogP contribution in [0, 0.1) is 6.92 Å². The van der Waals surface area contributed by atoms with Crippen LogP contribution in [0.4, 0.5) is 5.69 Å². The summed E-state index contributed by atoms with van der Waals surface area (Å²) in [5.74, 6) is 0.994. The van der Waals surface area contributed by atoms with E-state index < -0.39 is 0 Å². The van der Waals surface area contributed by atoms with E-state index in [1.165, 1.54) is 11.8 Å². The van der Waals surface area contributed by atoms with E-state index in [-0.39, 0.29) is 24.0 Å². The Balaban J connectivity index is 1.58. The number of amides is 1. The molecule has 1 heterocycles. The summed E-state index contributed by atoms with van der Waals surface area (Å²) in [6.45, 7) is 5.69. The van der Waals surface area contributed by atoms with Gasteiger partial charge in [0.25, 0.3) is 11.5 Å². The van der Waals surface area contributed by atoms with E-state index in [9.17, 15) is 9.59 Å². The summed E-state index contributed by atoms with van der Waals surface area (Å²) in [5.41, 5.74) is 2.80. The number of nitrogens with one attached hydrogen (secondary N) is 1. The zero-order valence-electron chi connectivity index (χ0n) is 21.3. The number of aromatic nitrogens is 2. The lowest BCUT2D eigenvalue weighted by atomic mass is 10.2. The maximum atomic E-state index is 13.3. The smallest absolute Gasteiger partial charge is 0.282 e. The number of fused-ring (bicyclic) bond motifs is 1. The highest BCUT2D eigenvalue weighted by atomic mass is 79.9. The number of carbonyl (C=O) groups excluding carboxylic acids is 1. The van der Waals surface area contributed by atoms with E-state index in [2.05, 4.69) is 47.3 Å². The van der Waals surface area contributed by atoms with Crippen LogP contribution in [0.5, 0.6) is 11.5 Å². The van der Waals surface area contributed by atoms with Crippen LogP contribution < -0.4 is 20.3 Å². The molecule has 10 heteroatoms. The largest absolute Gasteiger partial charge is 0.493 e. The normalized spacial score (nSPS) is 11.3. The summed E-state index contributed by atoms with van der Waals surface area (Å²) in [5, 5.41) is 7.73. The molecule has 0 aliphatic carbocycles. The highest BCUT2D eigenvalue weighted by Gasteiger charge is 2.16. The Morgan fingerprint density at radius 1 is 1.13 bits per heavy atom. The summed E-state index contributed by atoms with van der Waals surface area (Å²) < 4.78 is 13.9. The van der Waals surface area contributed by atoms with Gasteiger partial charge >= 0.3 is 0 Å². The minimum Gasteiger partial charge on any atom is -0.493 e. The molecule has 0 fully saturated rings.